The van der Waals surface area contributed by atoms with Crippen molar-refractivity contribution in [3.63, 3.8) is 0 Å². The SMILES string of the molecule is C[C@@H](C(=O)Nc1cccc2ncccc12)N1CCN(c2ccccc2O)CC1. The Balaban J connectivity index is 1.40. The van der Waals surface area contributed by atoms with Crippen LogP contribution in [0.4, 0.5) is 11.4 Å². The number of carbonyl (C=O) groups is 1. The number of amides is 1. The molecule has 3 aromatic rings. The highest BCUT2D eigenvalue weighted by molar-refractivity contribution is 6.02. The average Bonchev–Trinajstić information content (AvgIpc) is 2.74. The van der Waals surface area contributed by atoms with Gasteiger partial charge >= 0.3 is 0 Å². The van der Waals surface area contributed by atoms with E-state index in [4.69, 9.17) is 0 Å². The van der Waals surface area contributed by atoms with Crippen LogP contribution in [0.25, 0.3) is 10.9 Å². The molecule has 6 nitrogen and oxygen atoms in total. The van der Waals surface area contributed by atoms with Crippen LogP contribution in [0.15, 0.2) is 60.8 Å². The lowest BCUT2D eigenvalue weighted by Crippen LogP contribution is -2.52. The van der Waals surface area contributed by atoms with Gasteiger partial charge in [-0.2, -0.15) is 0 Å². The van der Waals surface area contributed by atoms with Crippen molar-refractivity contribution < 1.29 is 9.90 Å². The van der Waals surface area contributed by atoms with Crippen molar-refractivity contribution in [2.24, 2.45) is 0 Å². The minimum Gasteiger partial charge on any atom is -0.506 e. The maximum absolute atomic E-state index is 12.8. The molecule has 2 N–H and O–H groups in total. The molecule has 1 atom stereocenters. The summed E-state index contributed by atoms with van der Waals surface area (Å²) >= 11 is 0. The van der Waals surface area contributed by atoms with Crippen LogP contribution in [0.2, 0.25) is 0 Å². The molecule has 0 saturated carbocycles. The number of phenolic OH excluding ortho intramolecular Hbond substituents is 1. The van der Waals surface area contributed by atoms with Crippen LogP contribution >= 0.6 is 0 Å². The number of hydrogen-bond donors (Lipinski definition) is 2. The minimum absolute atomic E-state index is 0.0210. The lowest BCUT2D eigenvalue weighted by Gasteiger charge is -2.38. The van der Waals surface area contributed by atoms with Gasteiger partial charge in [0.15, 0.2) is 0 Å². The summed E-state index contributed by atoms with van der Waals surface area (Å²) in [4.78, 5) is 21.5. The van der Waals surface area contributed by atoms with Crippen LogP contribution in [0.1, 0.15) is 6.92 Å². The Kier molecular flexibility index (Phi) is 5.12. The number of hydrogen-bond acceptors (Lipinski definition) is 5. The standard InChI is InChI=1S/C22H24N4O2/c1-16(22(28)24-19-8-4-7-18-17(19)6-5-11-23-18)25-12-14-26(15-13-25)20-9-2-3-10-21(20)27/h2-11,16,27H,12-15H2,1H3,(H,24,28)/t16-/m0/s1. The number of aromatic hydroxyl groups is 1. The molecule has 6 heteroatoms. The van der Waals surface area contributed by atoms with Crippen molar-refractivity contribution >= 4 is 28.2 Å². The van der Waals surface area contributed by atoms with Crippen molar-refractivity contribution in [3.8, 4) is 5.75 Å². The molecular formula is C22H24N4O2. The molecule has 0 unspecified atom stereocenters. The zero-order valence-corrected chi connectivity index (χ0v) is 15.9. The second kappa shape index (κ2) is 7.86. The summed E-state index contributed by atoms with van der Waals surface area (Å²) < 4.78 is 0. The molecule has 1 aromatic heterocycles. The molecule has 0 aliphatic carbocycles. The first-order chi connectivity index (χ1) is 13.6. The van der Waals surface area contributed by atoms with E-state index in [0.717, 1.165) is 48.5 Å². The fourth-order valence-corrected chi connectivity index (χ4v) is 3.70. The molecule has 4 rings (SSSR count). The zero-order chi connectivity index (χ0) is 19.5. The first kappa shape index (κ1) is 18.3. The molecule has 28 heavy (non-hydrogen) atoms. The summed E-state index contributed by atoms with van der Waals surface area (Å²) in [5.74, 6) is 0.277. The maximum atomic E-state index is 12.8. The Morgan fingerprint density at radius 1 is 1.04 bits per heavy atom. The molecule has 0 bridgehead atoms. The van der Waals surface area contributed by atoms with Gasteiger partial charge in [-0.3, -0.25) is 14.7 Å². The van der Waals surface area contributed by atoms with Gasteiger partial charge in [-0.25, -0.2) is 0 Å². The summed E-state index contributed by atoms with van der Waals surface area (Å²) in [7, 11) is 0. The normalized spacial score (nSPS) is 16.1. The van der Waals surface area contributed by atoms with Gasteiger partial charge in [0.25, 0.3) is 0 Å². The topological polar surface area (TPSA) is 68.7 Å². The first-order valence-corrected chi connectivity index (χ1v) is 9.55. The largest absolute Gasteiger partial charge is 0.506 e. The number of phenols is 1. The molecule has 2 aromatic carbocycles. The minimum atomic E-state index is -0.238. The van der Waals surface area contributed by atoms with Gasteiger partial charge in [-0.15, -0.1) is 0 Å². The summed E-state index contributed by atoms with van der Waals surface area (Å²) in [6, 6.07) is 16.7. The summed E-state index contributed by atoms with van der Waals surface area (Å²) in [5, 5.41) is 14.1. The number of fused-ring (bicyclic) bond motifs is 1. The van der Waals surface area contributed by atoms with E-state index >= 15 is 0 Å². The van der Waals surface area contributed by atoms with Gasteiger partial charge in [0.1, 0.15) is 5.75 Å². The number of anilines is 2. The van der Waals surface area contributed by atoms with E-state index in [1.807, 2.05) is 55.5 Å². The third kappa shape index (κ3) is 3.64. The summed E-state index contributed by atoms with van der Waals surface area (Å²) in [5.41, 5.74) is 2.50. The lowest BCUT2D eigenvalue weighted by atomic mass is 10.1. The van der Waals surface area contributed by atoms with Crippen LogP contribution < -0.4 is 10.2 Å². The number of nitrogens with one attached hydrogen (secondary N) is 1. The third-order valence-corrected chi connectivity index (χ3v) is 5.37. The smallest absolute Gasteiger partial charge is 0.241 e. The number of carbonyl (C=O) groups excluding carboxylic acids is 1. The number of nitrogens with zero attached hydrogens (tertiary/aromatic N) is 3. The lowest BCUT2D eigenvalue weighted by molar-refractivity contribution is -0.120. The van der Waals surface area contributed by atoms with Gasteiger partial charge in [0.05, 0.1) is 22.9 Å². The second-order valence-corrected chi connectivity index (χ2v) is 7.05. The Labute approximate surface area is 164 Å². The molecule has 1 saturated heterocycles. The van der Waals surface area contributed by atoms with E-state index in [9.17, 15) is 9.90 Å². The van der Waals surface area contributed by atoms with Crippen molar-refractivity contribution in [2.45, 2.75) is 13.0 Å². The molecular weight excluding hydrogens is 352 g/mol. The quantitative estimate of drug-likeness (QED) is 0.732. The van der Waals surface area contributed by atoms with Gasteiger partial charge in [0, 0.05) is 37.8 Å². The fourth-order valence-electron chi connectivity index (χ4n) is 3.70. The predicted molar refractivity (Wildman–Crippen MR) is 112 cm³/mol. The number of rotatable bonds is 4. The van der Waals surface area contributed by atoms with Crippen LogP contribution in [-0.4, -0.2) is 53.1 Å². The van der Waals surface area contributed by atoms with Crippen molar-refractivity contribution in [1.82, 2.24) is 9.88 Å². The number of benzene rings is 2. The van der Waals surface area contributed by atoms with E-state index in [-0.39, 0.29) is 11.9 Å². The van der Waals surface area contributed by atoms with Crippen LogP contribution in [0, 0.1) is 0 Å². The first-order valence-electron chi connectivity index (χ1n) is 9.55. The number of para-hydroxylation sites is 2. The zero-order valence-electron chi connectivity index (χ0n) is 15.9. The monoisotopic (exact) mass is 376 g/mol. The highest BCUT2D eigenvalue weighted by atomic mass is 16.3. The van der Waals surface area contributed by atoms with E-state index in [0.29, 0.717) is 5.75 Å². The van der Waals surface area contributed by atoms with Crippen LogP contribution in [-0.2, 0) is 4.79 Å². The molecule has 2 heterocycles. The molecule has 0 spiro atoms. The number of piperazine rings is 1. The van der Waals surface area contributed by atoms with Crippen molar-refractivity contribution in [2.75, 3.05) is 36.4 Å². The highest BCUT2D eigenvalue weighted by Gasteiger charge is 2.26. The third-order valence-electron chi connectivity index (χ3n) is 5.37. The molecule has 0 radical (unpaired) electrons. The van der Waals surface area contributed by atoms with Crippen LogP contribution in [0.5, 0.6) is 5.75 Å². The van der Waals surface area contributed by atoms with Gasteiger partial charge in [-0.1, -0.05) is 18.2 Å². The maximum Gasteiger partial charge on any atom is 0.241 e. The van der Waals surface area contributed by atoms with Gasteiger partial charge < -0.3 is 15.3 Å². The van der Waals surface area contributed by atoms with Gasteiger partial charge in [-0.05, 0) is 43.3 Å². The Hall–Kier alpha value is -3.12. The highest BCUT2D eigenvalue weighted by Crippen LogP contribution is 2.27. The Bertz CT molecular complexity index is 978. The van der Waals surface area contributed by atoms with Crippen molar-refractivity contribution in [3.05, 3.63) is 60.8 Å². The summed E-state index contributed by atoms with van der Waals surface area (Å²) in [6.45, 7) is 5.01. The Morgan fingerprint density at radius 3 is 2.61 bits per heavy atom. The molecule has 1 aliphatic heterocycles. The van der Waals surface area contributed by atoms with Crippen molar-refractivity contribution in [1.29, 1.82) is 0 Å². The fraction of sp³-hybridized carbons (Fsp3) is 0.273. The second-order valence-electron chi connectivity index (χ2n) is 7.05. The number of aromatic nitrogens is 1. The van der Waals surface area contributed by atoms with E-state index in [2.05, 4.69) is 20.1 Å². The van der Waals surface area contributed by atoms with E-state index in [1.54, 1.807) is 12.3 Å². The van der Waals surface area contributed by atoms with E-state index < -0.39 is 0 Å². The molecule has 1 amide bonds. The van der Waals surface area contributed by atoms with E-state index in [1.165, 1.54) is 0 Å². The number of pyridine rings is 1. The average molecular weight is 376 g/mol. The van der Waals surface area contributed by atoms with Gasteiger partial charge in [0.2, 0.25) is 5.91 Å². The molecule has 1 fully saturated rings. The van der Waals surface area contributed by atoms with Crippen LogP contribution in [0.3, 0.4) is 0 Å². The molecule has 144 valence electrons. The summed E-state index contributed by atoms with van der Waals surface area (Å²) in [6.07, 6.45) is 1.75. The molecule has 1 aliphatic rings. The Morgan fingerprint density at radius 2 is 1.82 bits per heavy atom. The predicted octanol–water partition coefficient (Wildman–Crippen LogP) is 3.09.